The minimum Gasteiger partial charge on any atom is -0.365 e. The first-order valence-corrected chi connectivity index (χ1v) is 15.0. The molecule has 1 aromatic carbocycles. The van der Waals surface area contributed by atoms with E-state index in [-0.39, 0.29) is 43.5 Å². The average molecular weight is 687 g/mol. The number of amides is 2. The summed E-state index contributed by atoms with van der Waals surface area (Å²) in [6.45, 7) is 5.54. The molecule has 248 valence electrons. The monoisotopic (exact) mass is 686 g/mol. The summed E-state index contributed by atoms with van der Waals surface area (Å²) in [5, 5.41) is 10.3. The van der Waals surface area contributed by atoms with Crippen LogP contribution >= 0.6 is 11.3 Å². The summed E-state index contributed by atoms with van der Waals surface area (Å²) in [5.74, 6) is -1.96. The molecule has 0 unspecified atom stereocenters. The van der Waals surface area contributed by atoms with Crippen molar-refractivity contribution in [3.8, 4) is 22.4 Å². The number of benzene rings is 1. The normalized spacial score (nSPS) is 12.4. The number of primary amides is 1. The maximum Gasteiger partial charge on any atom is 0.433 e. The molecular formula is C31H24F6N8O2S. The Balaban J connectivity index is 1.54. The van der Waals surface area contributed by atoms with Crippen LogP contribution in [0.1, 0.15) is 62.4 Å². The van der Waals surface area contributed by atoms with E-state index < -0.39 is 46.8 Å². The van der Waals surface area contributed by atoms with Gasteiger partial charge in [0.05, 0.1) is 23.8 Å². The first-order chi connectivity index (χ1) is 22.5. The van der Waals surface area contributed by atoms with E-state index in [4.69, 9.17) is 5.73 Å². The number of rotatable bonds is 6. The predicted octanol–water partition coefficient (Wildman–Crippen LogP) is 7.23. The standard InChI is InChI=1S/C31H24F6N8O2S/c1-13(2)15-5-7-16(8-6-15)20-10-22(31(35,36)37)45-27(41-20)19(12-40-45)28(47)43-24-23-17(18-11-39-44(4)14(18)3)9-21(30(32,33)34)42-29(23)48-25(24)26(38)46/h5-13H,1-4H3,(H2,38,46)(H,43,47). The number of hydrogen-bond donors (Lipinski definition) is 2. The fourth-order valence-corrected chi connectivity index (χ4v) is 6.21. The number of aryl methyl sites for hydroxylation is 1. The average Bonchev–Trinajstić information content (AvgIpc) is 3.70. The van der Waals surface area contributed by atoms with Crippen LogP contribution < -0.4 is 11.1 Å². The molecule has 0 atom stereocenters. The number of carbonyl (C=O) groups excluding carboxylic acids is 2. The molecule has 0 saturated carbocycles. The molecule has 0 aliphatic heterocycles. The highest BCUT2D eigenvalue weighted by atomic mass is 32.1. The Morgan fingerprint density at radius 3 is 2.19 bits per heavy atom. The van der Waals surface area contributed by atoms with Gasteiger partial charge in [0, 0.05) is 29.3 Å². The highest BCUT2D eigenvalue weighted by Gasteiger charge is 2.37. The topological polar surface area (TPSA) is 133 Å². The zero-order chi connectivity index (χ0) is 34.9. The number of nitrogens with zero attached hydrogens (tertiary/aromatic N) is 6. The number of carbonyl (C=O) groups is 2. The number of pyridine rings is 1. The molecule has 0 aliphatic rings. The van der Waals surface area contributed by atoms with Crippen molar-refractivity contribution in [2.75, 3.05) is 5.32 Å². The van der Waals surface area contributed by atoms with Gasteiger partial charge in [0.2, 0.25) is 0 Å². The minimum absolute atomic E-state index is 0.0439. The fourth-order valence-electron chi connectivity index (χ4n) is 5.20. The van der Waals surface area contributed by atoms with Gasteiger partial charge in [0.25, 0.3) is 11.8 Å². The quantitative estimate of drug-likeness (QED) is 0.178. The molecule has 2 amide bonds. The Kier molecular flexibility index (Phi) is 7.77. The fraction of sp³-hybridized carbons (Fsp3) is 0.226. The van der Waals surface area contributed by atoms with E-state index >= 15 is 0 Å². The summed E-state index contributed by atoms with van der Waals surface area (Å²) >= 11 is 0.522. The van der Waals surface area contributed by atoms with Crippen LogP contribution in [-0.2, 0) is 19.4 Å². The molecule has 6 rings (SSSR count). The third-order valence-electron chi connectivity index (χ3n) is 7.82. The summed E-state index contributed by atoms with van der Waals surface area (Å²) in [6, 6.07) is 8.33. The number of anilines is 1. The number of hydrogen-bond acceptors (Lipinski definition) is 7. The lowest BCUT2D eigenvalue weighted by Crippen LogP contribution is -2.18. The van der Waals surface area contributed by atoms with Crippen molar-refractivity contribution in [3.05, 3.63) is 81.9 Å². The molecule has 48 heavy (non-hydrogen) atoms. The molecule has 3 N–H and O–H groups in total. The zero-order valence-corrected chi connectivity index (χ0v) is 26.3. The van der Waals surface area contributed by atoms with Crippen molar-refractivity contribution in [3.63, 3.8) is 0 Å². The van der Waals surface area contributed by atoms with E-state index in [1.807, 2.05) is 13.8 Å². The van der Waals surface area contributed by atoms with E-state index in [1.165, 1.54) is 10.9 Å². The number of nitrogens with one attached hydrogen (secondary N) is 1. The Morgan fingerprint density at radius 1 is 0.938 bits per heavy atom. The summed E-state index contributed by atoms with van der Waals surface area (Å²) in [7, 11) is 1.58. The number of thiophene rings is 1. The number of nitrogens with two attached hydrogens (primary N) is 1. The van der Waals surface area contributed by atoms with E-state index in [9.17, 15) is 35.9 Å². The summed E-state index contributed by atoms with van der Waals surface area (Å²) in [4.78, 5) is 33.8. The molecule has 5 heterocycles. The molecular weight excluding hydrogens is 662 g/mol. The van der Waals surface area contributed by atoms with Crippen LogP contribution in [0.2, 0.25) is 0 Å². The minimum atomic E-state index is -4.89. The van der Waals surface area contributed by atoms with Crippen molar-refractivity contribution in [1.29, 1.82) is 0 Å². The Labute approximate surface area is 271 Å². The van der Waals surface area contributed by atoms with Crippen molar-refractivity contribution in [2.45, 2.75) is 39.0 Å². The second-order valence-electron chi connectivity index (χ2n) is 11.2. The van der Waals surface area contributed by atoms with Gasteiger partial charge in [-0.05, 0) is 36.1 Å². The molecule has 0 fully saturated rings. The van der Waals surface area contributed by atoms with Crippen molar-refractivity contribution in [2.24, 2.45) is 12.8 Å². The number of fused-ring (bicyclic) bond motifs is 2. The maximum atomic E-state index is 14.2. The van der Waals surface area contributed by atoms with Gasteiger partial charge in [-0.3, -0.25) is 14.3 Å². The van der Waals surface area contributed by atoms with Crippen LogP contribution in [-0.4, -0.2) is 41.2 Å². The van der Waals surface area contributed by atoms with Crippen LogP contribution in [0.25, 0.3) is 38.2 Å². The van der Waals surface area contributed by atoms with Gasteiger partial charge in [-0.2, -0.15) is 36.5 Å². The third-order valence-corrected chi connectivity index (χ3v) is 8.92. The first-order valence-electron chi connectivity index (χ1n) is 14.2. The summed E-state index contributed by atoms with van der Waals surface area (Å²) in [5.41, 5.74) is 3.86. The Bertz CT molecular complexity index is 2250. The largest absolute Gasteiger partial charge is 0.433 e. The molecule has 6 aromatic rings. The van der Waals surface area contributed by atoms with Crippen molar-refractivity contribution < 1.29 is 35.9 Å². The zero-order valence-electron chi connectivity index (χ0n) is 25.4. The highest BCUT2D eigenvalue weighted by molar-refractivity contribution is 7.21. The molecule has 5 aromatic heterocycles. The second-order valence-corrected chi connectivity index (χ2v) is 12.2. The molecule has 10 nitrogen and oxygen atoms in total. The Morgan fingerprint density at radius 2 is 1.62 bits per heavy atom. The van der Waals surface area contributed by atoms with Crippen LogP contribution in [0.4, 0.5) is 32.0 Å². The Hall–Kier alpha value is -5.32. The summed E-state index contributed by atoms with van der Waals surface area (Å²) < 4.78 is 86.4. The number of halogens is 6. The second kappa shape index (κ2) is 11.4. The van der Waals surface area contributed by atoms with Crippen LogP contribution in [0.5, 0.6) is 0 Å². The highest BCUT2D eigenvalue weighted by Crippen LogP contribution is 2.44. The van der Waals surface area contributed by atoms with Gasteiger partial charge >= 0.3 is 12.4 Å². The van der Waals surface area contributed by atoms with Crippen molar-refractivity contribution >= 4 is 44.7 Å². The van der Waals surface area contributed by atoms with Gasteiger partial charge in [-0.1, -0.05) is 38.1 Å². The smallest absolute Gasteiger partial charge is 0.365 e. The first kappa shape index (κ1) is 32.6. The van der Waals surface area contributed by atoms with Gasteiger partial charge in [-0.25, -0.2) is 14.5 Å². The van der Waals surface area contributed by atoms with Crippen LogP contribution in [0.3, 0.4) is 0 Å². The van der Waals surface area contributed by atoms with Crippen LogP contribution in [0, 0.1) is 6.92 Å². The van der Waals surface area contributed by atoms with E-state index in [1.54, 1.807) is 38.2 Å². The predicted molar refractivity (Wildman–Crippen MR) is 166 cm³/mol. The van der Waals surface area contributed by atoms with Crippen molar-refractivity contribution in [1.82, 2.24) is 29.4 Å². The molecule has 0 saturated heterocycles. The lowest BCUT2D eigenvalue weighted by molar-refractivity contribution is -0.143. The summed E-state index contributed by atoms with van der Waals surface area (Å²) in [6.07, 6.45) is -7.57. The SMILES string of the molecule is Cc1c(-c2cc(C(F)(F)F)nc3sc(C(N)=O)c(NC(=O)c4cnn5c(C(F)(F)F)cc(-c6ccc(C(C)C)cc6)nc45)c23)cnn1C. The molecule has 0 spiro atoms. The maximum absolute atomic E-state index is 14.2. The van der Waals surface area contributed by atoms with E-state index in [0.29, 0.717) is 27.1 Å². The lowest BCUT2D eigenvalue weighted by atomic mass is 10.0. The van der Waals surface area contributed by atoms with Crippen LogP contribution in [0.15, 0.2) is 48.8 Å². The van der Waals surface area contributed by atoms with E-state index in [0.717, 1.165) is 23.9 Å². The van der Waals surface area contributed by atoms with Gasteiger partial charge in [0.1, 0.15) is 21.0 Å². The van der Waals surface area contributed by atoms with E-state index in [2.05, 4.69) is 25.5 Å². The third kappa shape index (κ3) is 5.63. The number of aromatic nitrogens is 6. The van der Waals surface area contributed by atoms with Gasteiger partial charge in [0.15, 0.2) is 11.3 Å². The van der Waals surface area contributed by atoms with Gasteiger partial charge in [-0.15, -0.1) is 11.3 Å². The lowest BCUT2D eigenvalue weighted by Gasteiger charge is -2.13. The molecule has 0 radical (unpaired) electrons. The van der Waals surface area contributed by atoms with Gasteiger partial charge < -0.3 is 11.1 Å². The number of alkyl halides is 6. The molecule has 0 bridgehead atoms. The molecule has 17 heteroatoms. The molecule has 0 aliphatic carbocycles.